The Bertz CT molecular complexity index is 485. The van der Waals surface area contributed by atoms with Crippen LogP contribution in [0.1, 0.15) is 22.9 Å². The van der Waals surface area contributed by atoms with E-state index in [0.717, 1.165) is 16.0 Å². The van der Waals surface area contributed by atoms with E-state index in [2.05, 4.69) is 0 Å². The Hall–Kier alpha value is -0.830. The summed E-state index contributed by atoms with van der Waals surface area (Å²) in [4.78, 5) is 1.14. The Kier molecular flexibility index (Phi) is 3.06. The van der Waals surface area contributed by atoms with Crippen molar-refractivity contribution in [1.29, 1.82) is 0 Å². The molecule has 1 aromatic heterocycles. The molecule has 0 saturated carbocycles. The first kappa shape index (κ1) is 11.6. The second-order valence-electron chi connectivity index (χ2n) is 3.97. The summed E-state index contributed by atoms with van der Waals surface area (Å²) in [7, 11) is 0. The molecule has 1 heterocycles. The van der Waals surface area contributed by atoms with Crippen LogP contribution in [0.4, 0.5) is 0 Å². The van der Waals surface area contributed by atoms with Crippen LogP contribution in [0, 0.1) is 6.92 Å². The molecule has 0 bridgehead atoms. The third kappa shape index (κ3) is 2.01. The number of benzene rings is 1. The van der Waals surface area contributed by atoms with E-state index in [1.165, 1.54) is 0 Å². The molecule has 2 aromatic rings. The fourth-order valence-corrected chi connectivity index (χ4v) is 2.75. The van der Waals surface area contributed by atoms with Crippen molar-refractivity contribution in [3.05, 3.63) is 56.7 Å². The SMILES string of the molecule is Cc1sccc1C(C)(O)c1ccc(Cl)cc1. The number of aryl methyl sites for hydroxylation is 1. The number of hydrogen-bond acceptors (Lipinski definition) is 2. The van der Waals surface area contributed by atoms with Crippen molar-refractivity contribution in [1.82, 2.24) is 0 Å². The van der Waals surface area contributed by atoms with Gasteiger partial charge < -0.3 is 5.11 Å². The van der Waals surface area contributed by atoms with Crippen molar-refractivity contribution in [2.75, 3.05) is 0 Å². The maximum absolute atomic E-state index is 10.6. The quantitative estimate of drug-likeness (QED) is 0.858. The molecule has 3 heteroatoms. The highest BCUT2D eigenvalue weighted by atomic mass is 35.5. The van der Waals surface area contributed by atoms with Gasteiger partial charge in [0, 0.05) is 15.5 Å². The number of thiophene rings is 1. The second-order valence-corrected chi connectivity index (χ2v) is 5.53. The zero-order chi connectivity index (χ0) is 11.8. The van der Waals surface area contributed by atoms with Crippen LogP contribution < -0.4 is 0 Å². The molecule has 1 nitrogen and oxygen atoms in total. The van der Waals surface area contributed by atoms with Crippen molar-refractivity contribution >= 4 is 22.9 Å². The van der Waals surface area contributed by atoms with E-state index >= 15 is 0 Å². The number of aliphatic hydroxyl groups is 1. The van der Waals surface area contributed by atoms with Gasteiger partial charge in [-0.05, 0) is 43.0 Å². The van der Waals surface area contributed by atoms with Crippen LogP contribution in [-0.4, -0.2) is 5.11 Å². The molecule has 0 aliphatic heterocycles. The van der Waals surface area contributed by atoms with Gasteiger partial charge in [-0.25, -0.2) is 0 Å². The van der Waals surface area contributed by atoms with Gasteiger partial charge in [0.1, 0.15) is 5.60 Å². The molecule has 0 saturated heterocycles. The van der Waals surface area contributed by atoms with E-state index in [-0.39, 0.29) is 0 Å². The molecule has 0 fully saturated rings. The Morgan fingerprint density at radius 3 is 2.31 bits per heavy atom. The standard InChI is InChI=1S/C13H13ClOS/c1-9-12(7-8-16-9)13(2,15)10-3-5-11(14)6-4-10/h3-8,15H,1-2H3. The van der Waals surface area contributed by atoms with Crippen LogP contribution in [0.5, 0.6) is 0 Å². The van der Waals surface area contributed by atoms with Gasteiger partial charge in [-0.2, -0.15) is 0 Å². The molecule has 1 unspecified atom stereocenters. The van der Waals surface area contributed by atoms with Crippen LogP contribution in [0.3, 0.4) is 0 Å². The molecule has 0 radical (unpaired) electrons. The lowest BCUT2D eigenvalue weighted by Crippen LogP contribution is -2.22. The van der Waals surface area contributed by atoms with Gasteiger partial charge in [0.05, 0.1) is 0 Å². The van der Waals surface area contributed by atoms with E-state index in [4.69, 9.17) is 11.6 Å². The molecule has 0 aliphatic carbocycles. The number of halogens is 1. The summed E-state index contributed by atoms with van der Waals surface area (Å²) >= 11 is 7.48. The zero-order valence-electron chi connectivity index (χ0n) is 9.20. The van der Waals surface area contributed by atoms with Crippen molar-refractivity contribution in [3.8, 4) is 0 Å². The molecular weight excluding hydrogens is 240 g/mol. The summed E-state index contributed by atoms with van der Waals surface area (Å²) in [5.41, 5.74) is 0.868. The van der Waals surface area contributed by atoms with Gasteiger partial charge in [-0.3, -0.25) is 0 Å². The fraction of sp³-hybridized carbons (Fsp3) is 0.231. The largest absolute Gasteiger partial charge is 0.381 e. The topological polar surface area (TPSA) is 20.2 Å². The highest BCUT2D eigenvalue weighted by Gasteiger charge is 2.27. The Balaban J connectivity index is 2.46. The number of hydrogen-bond donors (Lipinski definition) is 1. The third-order valence-electron chi connectivity index (χ3n) is 2.79. The maximum atomic E-state index is 10.6. The van der Waals surface area contributed by atoms with Crippen LogP contribution in [-0.2, 0) is 5.60 Å². The summed E-state index contributed by atoms with van der Waals surface area (Å²) in [5.74, 6) is 0. The molecule has 0 spiro atoms. The molecular formula is C13H13ClOS. The van der Waals surface area contributed by atoms with Crippen LogP contribution in [0.2, 0.25) is 5.02 Å². The molecule has 1 atom stereocenters. The van der Waals surface area contributed by atoms with Crippen molar-refractivity contribution in [3.63, 3.8) is 0 Å². The molecule has 1 N–H and O–H groups in total. The minimum Gasteiger partial charge on any atom is -0.381 e. The van der Waals surface area contributed by atoms with Gasteiger partial charge in [0.25, 0.3) is 0 Å². The smallest absolute Gasteiger partial charge is 0.113 e. The molecule has 0 aliphatic rings. The van der Waals surface area contributed by atoms with Gasteiger partial charge in [0.15, 0.2) is 0 Å². The summed E-state index contributed by atoms with van der Waals surface area (Å²) in [5, 5.41) is 13.3. The van der Waals surface area contributed by atoms with Gasteiger partial charge in [-0.15, -0.1) is 11.3 Å². The van der Waals surface area contributed by atoms with Crippen LogP contribution in [0.15, 0.2) is 35.7 Å². The average Bonchev–Trinajstić information content (AvgIpc) is 2.66. The predicted octanol–water partition coefficient (Wildman–Crippen LogP) is 3.97. The van der Waals surface area contributed by atoms with E-state index < -0.39 is 5.60 Å². The van der Waals surface area contributed by atoms with Gasteiger partial charge in [0.2, 0.25) is 0 Å². The first-order valence-corrected chi connectivity index (χ1v) is 6.30. The highest BCUT2D eigenvalue weighted by molar-refractivity contribution is 7.10. The third-order valence-corrected chi connectivity index (χ3v) is 3.89. The van der Waals surface area contributed by atoms with Crippen molar-refractivity contribution in [2.24, 2.45) is 0 Å². The van der Waals surface area contributed by atoms with E-state index in [0.29, 0.717) is 5.02 Å². The highest BCUT2D eigenvalue weighted by Crippen LogP contribution is 2.33. The normalized spacial score (nSPS) is 14.8. The van der Waals surface area contributed by atoms with E-state index in [1.807, 2.05) is 37.4 Å². The predicted molar refractivity (Wildman–Crippen MR) is 69.2 cm³/mol. The first-order chi connectivity index (χ1) is 7.51. The summed E-state index contributed by atoms with van der Waals surface area (Å²) in [6.07, 6.45) is 0. The van der Waals surface area contributed by atoms with Gasteiger partial charge >= 0.3 is 0 Å². The molecule has 1 aromatic carbocycles. The maximum Gasteiger partial charge on any atom is 0.113 e. The lowest BCUT2D eigenvalue weighted by atomic mass is 9.89. The molecule has 16 heavy (non-hydrogen) atoms. The molecule has 2 rings (SSSR count). The monoisotopic (exact) mass is 252 g/mol. The van der Waals surface area contributed by atoms with E-state index in [9.17, 15) is 5.11 Å². The lowest BCUT2D eigenvalue weighted by molar-refractivity contribution is 0.102. The first-order valence-electron chi connectivity index (χ1n) is 5.05. The molecule has 84 valence electrons. The second kappa shape index (κ2) is 4.21. The summed E-state index contributed by atoms with van der Waals surface area (Å²) in [6, 6.07) is 9.29. The van der Waals surface area contributed by atoms with Gasteiger partial charge in [-0.1, -0.05) is 23.7 Å². The zero-order valence-corrected chi connectivity index (χ0v) is 10.8. The minimum atomic E-state index is -0.950. The van der Waals surface area contributed by atoms with Crippen molar-refractivity contribution in [2.45, 2.75) is 19.4 Å². The minimum absolute atomic E-state index is 0.682. The summed E-state index contributed by atoms with van der Waals surface area (Å²) < 4.78 is 0. The van der Waals surface area contributed by atoms with E-state index in [1.54, 1.807) is 23.5 Å². The van der Waals surface area contributed by atoms with Crippen LogP contribution >= 0.6 is 22.9 Å². The van der Waals surface area contributed by atoms with Crippen LogP contribution in [0.25, 0.3) is 0 Å². The average molecular weight is 253 g/mol. The Labute approximate surface area is 104 Å². The lowest BCUT2D eigenvalue weighted by Gasteiger charge is -2.24. The summed E-state index contributed by atoms with van der Waals surface area (Å²) in [6.45, 7) is 3.83. The Morgan fingerprint density at radius 1 is 1.19 bits per heavy atom. The molecule has 0 amide bonds. The fourth-order valence-electron chi connectivity index (χ4n) is 1.82. The van der Waals surface area contributed by atoms with Crippen molar-refractivity contribution < 1.29 is 5.11 Å². The number of rotatable bonds is 2. The Morgan fingerprint density at radius 2 is 1.81 bits per heavy atom.